The second kappa shape index (κ2) is 8.85. The molecule has 0 spiro atoms. The molecule has 0 saturated heterocycles. The fourth-order valence-electron chi connectivity index (χ4n) is 1.57. The van der Waals surface area contributed by atoms with Crippen molar-refractivity contribution in [2.75, 3.05) is 33.4 Å². The number of pyridine rings is 1. The maximum absolute atomic E-state index is 11.4. The van der Waals surface area contributed by atoms with E-state index in [9.17, 15) is 4.79 Å². The van der Waals surface area contributed by atoms with Gasteiger partial charge in [0, 0.05) is 39.5 Å². The molecule has 0 atom stereocenters. The Bertz CT molecular complexity index is 390. The molecule has 1 aromatic heterocycles. The van der Waals surface area contributed by atoms with E-state index in [-0.39, 0.29) is 5.56 Å². The highest BCUT2D eigenvalue weighted by atomic mass is 16.5. The van der Waals surface area contributed by atoms with E-state index in [2.05, 4.69) is 10.6 Å². The first-order chi connectivity index (χ1) is 8.74. The van der Waals surface area contributed by atoms with E-state index < -0.39 is 0 Å². The van der Waals surface area contributed by atoms with Crippen molar-refractivity contribution in [2.45, 2.75) is 13.0 Å². The maximum Gasteiger partial charge on any atom is 0.250 e. The molecule has 0 aliphatic carbocycles. The Morgan fingerprint density at radius 1 is 1.28 bits per heavy atom. The summed E-state index contributed by atoms with van der Waals surface area (Å²) in [6.07, 6.45) is 2.86. The van der Waals surface area contributed by atoms with Crippen LogP contribution in [0, 0.1) is 0 Å². The molecule has 0 amide bonds. The second-order valence-corrected chi connectivity index (χ2v) is 4.26. The van der Waals surface area contributed by atoms with Crippen LogP contribution in [0.15, 0.2) is 23.1 Å². The Labute approximate surface area is 108 Å². The minimum atomic E-state index is 0.0375. The fraction of sp³-hybridized carbons (Fsp3) is 0.615. The molecule has 2 N–H and O–H groups in total. The van der Waals surface area contributed by atoms with Crippen molar-refractivity contribution in [3.8, 4) is 0 Å². The van der Waals surface area contributed by atoms with Crippen molar-refractivity contribution >= 4 is 0 Å². The summed E-state index contributed by atoms with van der Waals surface area (Å²) >= 11 is 0. The van der Waals surface area contributed by atoms with Gasteiger partial charge < -0.3 is 19.9 Å². The summed E-state index contributed by atoms with van der Waals surface area (Å²) in [5.74, 6) is 0. The van der Waals surface area contributed by atoms with E-state index in [0.717, 1.165) is 44.8 Å². The van der Waals surface area contributed by atoms with Crippen LogP contribution in [0.2, 0.25) is 0 Å². The van der Waals surface area contributed by atoms with Crippen molar-refractivity contribution in [3.63, 3.8) is 0 Å². The van der Waals surface area contributed by atoms with Crippen molar-refractivity contribution in [2.24, 2.45) is 7.05 Å². The van der Waals surface area contributed by atoms with Gasteiger partial charge in [-0.2, -0.15) is 0 Å². The first-order valence-corrected chi connectivity index (χ1v) is 6.30. The number of hydrogen-bond acceptors (Lipinski definition) is 4. The van der Waals surface area contributed by atoms with Crippen LogP contribution in [-0.4, -0.2) is 37.9 Å². The molecular formula is C13H23N3O2. The van der Waals surface area contributed by atoms with Gasteiger partial charge >= 0.3 is 0 Å². The molecule has 0 saturated carbocycles. The third-order valence-electron chi connectivity index (χ3n) is 2.69. The number of nitrogens with one attached hydrogen (secondary N) is 2. The van der Waals surface area contributed by atoms with E-state index in [1.807, 2.05) is 6.07 Å². The van der Waals surface area contributed by atoms with Gasteiger partial charge in [-0.05, 0) is 31.1 Å². The summed E-state index contributed by atoms with van der Waals surface area (Å²) in [7, 11) is 3.46. The molecule has 1 rings (SSSR count). The number of hydrogen-bond donors (Lipinski definition) is 2. The van der Waals surface area contributed by atoms with Crippen molar-refractivity contribution < 1.29 is 4.74 Å². The molecule has 0 bridgehead atoms. The lowest BCUT2D eigenvalue weighted by molar-refractivity contribution is 0.199. The van der Waals surface area contributed by atoms with Gasteiger partial charge in [-0.3, -0.25) is 4.79 Å². The topological polar surface area (TPSA) is 55.3 Å². The van der Waals surface area contributed by atoms with E-state index in [1.165, 1.54) is 0 Å². The number of methoxy groups -OCH3 is 1. The van der Waals surface area contributed by atoms with Gasteiger partial charge in [0.2, 0.25) is 0 Å². The largest absolute Gasteiger partial charge is 0.383 e. The van der Waals surface area contributed by atoms with Crippen LogP contribution in [0.1, 0.15) is 12.0 Å². The van der Waals surface area contributed by atoms with Gasteiger partial charge in [0.15, 0.2) is 0 Å². The highest BCUT2D eigenvalue weighted by Gasteiger charge is 1.95. The van der Waals surface area contributed by atoms with Crippen LogP contribution in [0.5, 0.6) is 0 Å². The predicted molar refractivity (Wildman–Crippen MR) is 72.8 cm³/mol. The summed E-state index contributed by atoms with van der Waals surface area (Å²) < 4.78 is 6.51. The van der Waals surface area contributed by atoms with Crippen LogP contribution in [-0.2, 0) is 18.3 Å². The van der Waals surface area contributed by atoms with Crippen molar-refractivity contribution in [1.29, 1.82) is 0 Å². The molecule has 5 nitrogen and oxygen atoms in total. The molecule has 0 aliphatic heterocycles. The Morgan fingerprint density at radius 2 is 2.06 bits per heavy atom. The zero-order chi connectivity index (χ0) is 13.2. The first kappa shape index (κ1) is 14.9. The average molecular weight is 253 g/mol. The van der Waals surface area contributed by atoms with E-state index in [4.69, 9.17) is 4.74 Å². The molecule has 0 fully saturated rings. The van der Waals surface area contributed by atoms with E-state index >= 15 is 0 Å². The van der Waals surface area contributed by atoms with E-state index in [0.29, 0.717) is 0 Å². The van der Waals surface area contributed by atoms with Gasteiger partial charge in [-0.15, -0.1) is 0 Å². The van der Waals surface area contributed by atoms with Gasteiger partial charge in [0.1, 0.15) is 0 Å². The molecule has 102 valence electrons. The standard InChI is InChI=1S/C13H23N3O2/c1-16-8-4-12(10-13(16)17)11-15-6-3-5-14-7-9-18-2/h4,8,10,14-15H,3,5-7,9,11H2,1-2H3. The Morgan fingerprint density at radius 3 is 2.78 bits per heavy atom. The maximum atomic E-state index is 11.4. The van der Waals surface area contributed by atoms with Gasteiger partial charge in [-0.25, -0.2) is 0 Å². The molecule has 1 aromatic rings. The summed E-state index contributed by atoms with van der Waals surface area (Å²) in [6, 6.07) is 3.63. The molecule has 0 aliphatic rings. The van der Waals surface area contributed by atoms with Crippen LogP contribution in [0.3, 0.4) is 0 Å². The molecule has 0 aromatic carbocycles. The first-order valence-electron chi connectivity index (χ1n) is 6.30. The number of aromatic nitrogens is 1. The summed E-state index contributed by atoms with van der Waals surface area (Å²) in [5, 5.41) is 6.60. The smallest absolute Gasteiger partial charge is 0.250 e. The average Bonchev–Trinajstić information content (AvgIpc) is 2.37. The lowest BCUT2D eigenvalue weighted by atomic mass is 10.2. The zero-order valence-corrected chi connectivity index (χ0v) is 11.2. The number of nitrogens with zero attached hydrogens (tertiary/aromatic N) is 1. The van der Waals surface area contributed by atoms with Gasteiger partial charge in [0.25, 0.3) is 5.56 Å². The van der Waals surface area contributed by atoms with E-state index in [1.54, 1.807) is 31.0 Å². The highest BCUT2D eigenvalue weighted by Crippen LogP contribution is 1.93. The second-order valence-electron chi connectivity index (χ2n) is 4.26. The summed E-state index contributed by atoms with van der Waals surface area (Å²) in [6.45, 7) is 4.31. The van der Waals surface area contributed by atoms with Crippen LogP contribution in [0.4, 0.5) is 0 Å². The Balaban J connectivity index is 2.07. The number of ether oxygens (including phenoxy) is 1. The zero-order valence-electron chi connectivity index (χ0n) is 11.2. The summed E-state index contributed by atoms with van der Waals surface area (Å²) in [5.41, 5.74) is 1.07. The normalized spacial score (nSPS) is 10.8. The minimum Gasteiger partial charge on any atom is -0.383 e. The SMILES string of the molecule is COCCNCCCNCc1ccn(C)c(=O)c1. The van der Waals surface area contributed by atoms with Crippen molar-refractivity contribution in [3.05, 3.63) is 34.2 Å². The number of aryl methyl sites for hydroxylation is 1. The molecule has 5 heteroatoms. The molecule has 18 heavy (non-hydrogen) atoms. The summed E-state index contributed by atoms with van der Waals surface area (Å²) in [4.78, 5) is 11.4. The third-order valence-corrected chi connectivity index (χ3v) is 2.69. The minimum absolute atomic E-state index is 0.0375. The molecular weight excluding hydrogens is 230 g/mol. The highest BCUT2D eigenvalue weighted by molar-refractivity contribution is 5.10. The monoisotopic (exact) mass is 253 g/mol. The quantitative estimate of drug-likeness (QED) is 0.613. The van der Waals surface area contributed by atoms with Crippen LogP contribution < -0.4 is 16.2 Å². The molecule has 1 heterocycles. The Kier molecular flexibility index (Phi) is 7.32. The predicted octanol–water partition coefficient (Wildman–Crippen LogP) is 0.101. The van der Waals surface area contributed by atoms with Gasteiger partial charge in [0.05, 0.1) is 6.61 Å². The molecule has 0 radical (unpaired) electrons. The van der Waals surface area contributed by atoms with Crippen molar-refractivity contribution in [1.82, 2.24) is 15.2 Å². The Hall–Kier alpha value is -1.17. The lowest BCUT2D eigenvalue weighted by Crippen LogP contribution is -2.25. The van der Waals surface area contributed by atoms with Crippen LogP contribution >= 0.6 is 0 Å². The molecule has 0 unspecified atom stereocenters. The lowest BCUT2D eigenvalue weighted by Gasteiger charge is -2.06. The van der Waals surface area contributed by atoms with Gasteiger partial charge in [-0.1, -0.05) is 0 Å². The van der Waals surface area contributed by atoms with Crippen LogP contribution in [0.25, 0.3) is 0 Å². The third kappa shape index (κ3) is 5.95. The number of rotatable bonds is 9. The fourth-order valence-corrected chi connectivity index (χ4v) is 1.57.